The normalized spacial score (nSPS) is 11.3. The Morgan fingerprint density at radius 1 is 1.10 bits per heavy atom. The summed E-state index contributed by atoms with van der Waals surface area (Å²) in [5, 5.41) is 20.8. The number of benzene rings is 2. The Hall–Kier alpha value is -2.69. The van der Waals surface area contributed by atoms with Gasteiger partial charge in [0.15, 0.2) is 5.84 Å². The average molecular weight is 271 g/mol. The zero-order chi connectivity index (χ0) is 14.5. The van der Waals surface area contributed by atoms with Crippen LogP contribution in [0.3, 0.4) is 0 Å². The van der Waals surface area contributed by atoms with Gasteiger partial charge >= 0.3 is 0 Å². The summed E-state index contributed by atoms with van der Waals surface area (Å²) < 4.78 is 0. The van der Waals surface area contributed by atoms with Crippen LogP contribution in [0.2, 0.25) is 0 Å². The fraction of sp³-hybridized carbons (Fsp3) is 0.133. The van der Waals surface area contributed by atoms with Gasteiger partial charge in [0.05, 0.1) is 0 Å². The first-order valence-electron chi connectivity index (χ1n) is 6.17. The predicted octanol–water partition coefficient (Wildman–Crippen LogP) is 2.12. The number of oxime groups is 1. The van der Waals surface area contributed by atoms with E-state index in [-0.39, 0.29) is 11.6 Å². The van der Waals surface area contributed by atoms with Gasteiger partial charge in [0.25, 0.3) is 0 Å². The molecule has 20 heavy (non-hydrogen) atoms. The van der Waals surface area contributed by atoms with Crippen LogP contribution in [0.1, 0.15) is 11.1 Å². The second-order valence-corrected chi connectivity index (χ2v) is 4.55. The topological polar surface area (TPSA) is 82.1 Å². The van der Waals surface area contributed by atoms with Gasteiger partial charge in [-0.05, 0) is 42.0 Å². The highest BCUT2D eigenvalue weighted by atomic mass is 16.4. The monoisotopic (exact) mass is 271 g/mol. The van der Waals surface area contributed by atoms with Gasteiger partial charge in [0.1, 0.15) is 5.75 Å². The lowest BCUT2D eigenvalue weighted by Crippen LogP contribution is -2.17. The molecule has 0 saturated carbocycles. The fourth-order valence-corrected chi connectivity index (χ4v) is 1.91. The van der Waals surface area contributed by atoms with Gasteiger partial charge in [0, 0.05) is 24.8 Å². The molecule has 2 aromatic carbocycles. The van der Waals surface area contributed by atoms with E-state index in [1.54, 1.807) is 24.3 Å². The summed E-state index contributed by atoms with van der Waals surface area (Å²) in [7, 11) is 1.98. The first-order valence-corrected chi connectivity index (χ1v) is 6.17. The van der Waals surface area contributed by atoms with Crippen LogP contribution in [-0.4, -0.2) is 23.2 Å². The lowest BCUT2D eigenvalue weighted by Gasteiger charge is -2.19. The standard InChI is InChI=1S/C15H17N3O2/c1-18(10-11-2-8-14(19)9-3-11)13-6-4-12(5-7-13)15(16)17-20/h2-9,19-20H,10H2,1H3,(H2,16,17). The molecule has 4 N–H and O–H groups in total. The summed E-state index contributed by atoms with van der Waals surface area (Å²) in [4.78, 5) is 2.07. The van der Waals surface area contributed by atoms with E-state index in [1.165, 1.54) is 0 Å². The highest BCUT2D eigenvalue weighted by Gasteiger charge is 2.04. The van der Waals surface area contributed by atoms with Crippen LogP contribution in [0.5, 0.6) is 5.75 Å². The Bertz CT molecular complexity index is 592. The largest absolute Gasteiger partial charge is 0.508 e. The lowest BCUT2D eigenvalue weighted by molar-refractivity contribution is 0.318. The van der Waals surface area contributed by atoms with E-state index in [0.29, 0.717) is 5.56 Å². The van der Waals surface area contributed by atoms with Crippen molar-refractivity contribution >= 4 is 11.5 Å². The Morgan fingerprint density at radius 2 is 1.70 bits per heavy atom. The molecule has 0 spiro atoms. The van der Waals surface area contributed by atoms with Crippen molar-refractivity contribution < 1.29 is 10.3 Å². The number of phenols is 1. The smallest absolute Gasteiger partial charge is 0.170 e. The molecule has 0 aliphatic rings. The van der Waals surface area contributed by atoms with E-state index < -0.39 is 0 Å². The van der Waals surface area contributed by atoms with E-state index in [9.17, 15) is 5.11 Å². The highest BCUT2D eigenvalue weighted by Crippen LogP contribution is 2.17. The van der Waals surface area contributed by atoms with Gasteiger partial charge < -0.3 is 20.9 Å². The molecule has 0 unspecified atom stereocenters. The molecule has 0 aliphatic carbocycles. The molecule has 0 atom stereocenters. The molecule has 104 valence electrons. The van der Waals surface area contributed by atoms with E-state index in [4.69, 9.17) is 10.9 Å². The van der Waals surface area contributed by atoms with E-state index in [1.807, 2.05) is 31.3 Å². The summed E-state index contributed by atoms with van der Waals surface area (Å²) in [6, 6.07) is 14.5. The molecule has 2 aromatic rings. The van der Waals surface area contributed by atoms with Crippen molar-refractivity contribution in [2.24, 2.45) is 10.9 Å². The van der Waals surface area contributed by atoms with Crippen molar-refractivity contribution in [3.05, 3.63) is 59.7 Å². The second kappa shape index (κ2) is 5.97. The number of anilines is 1. The van der Waals surface area contributed by atoms with Crippen molar-refractivity contribution in [2.75, 3.05) is 11.9 Å². The predicted molar refractivity (Wildman–Crippen MR) is 79.2 cm³/mol. The Morgan fingerprint density at radius 3 is 2.25 bits per heavy atom. The van der Waals surface area contributed by atoms with Crippen molar-refractivity contribution in [1.29, 1.82) is 0 Å². The Kier molecular flexibility index (Phi) is 4.10. The maximum absolute atomic E-state index is 9.26. The molecule has 0 heterocycles. The van der Waals surface area contributed by atoms with Gasteiger partial charge in [0.2, 0.25) is 0 Å². The molecular weight excluding hydrogens is 254 g/mol. The second-order valence-electron chi connectivity index (χ2n) is 4.55. The maximum atomic E-state index is 9.26. The SMILES string of the molecule is CN(Cc1ccc(O)cc1)c1ccc(/C(N)=N/O)cc1. The average Bonchev–Trinajstić information content (AvgIpc) is 2.49. The number of amidine groups is 1. The zero-order valence-electron chi connectivity index (χ0n) is 11.2. The van der Waals surface area contributed by atoms with Crippen LogP contribution in [-0.2, 0) is 6.54 Å². The third-order valence-electron chi connectivity index (χ3n) is 3.07. The molecule has 5 nitrogen and oxygen atoms in total. The minimum absolute atomic E-state index is 0.0951. The van der Waals surface area contributed by atoms with E-state index in [2.05, 4.69) is 10.1 Å². The van der Waals surface area contributed by atoms with Crippen molar-refractivity contribution in [2.45, 2.75) is 6.54 Å². The molecule has 2 rings (SSSR count). The first-order chi connectivity index (χ1) is 9.60. The molecular formula is C15H17N3O2. The summed E-state index contributed by atoms with van der Waals surface area (Å²) in [6.45, 7) is 0.725. The van der Waals surface area contributed by atoms with Gasteiger partial charge in [-0.25, -0.2) is 0 Å². The number of phenolic OH excluding ortho intramolecular Hbond substituents is 1. The minimum Gasteiger partial charge on any atom is -0.508 e. The Labute approximate surface area is 117 Å². The summed E-state index contributed by atoms with van der Waals surface area (Å²) in [5.74, 6) is 0.359. The van der Waals surface area contributed by atoms with Crippen LogP contribution in [0.25, 0.3) is 0 Å². The molecule has 0 fully saturated rings. The number of aromatic hydroxyl groups is 1. The maximum Gasteiger partial charge on any atom is 0.170 e. The molecule has 0 bridgehead atoms. The van der Waals surface area contributed by atoms with Crippen LogP contribution < -0.4 is 10.6 Å². The summed E-state index contributed by atoms with van der Waals surface area (Å²) in [5.41, 5.74) is 8.32. The highest BCUT2D eigenvalue weighted by molar-refractivity contribution is 5.97. The lowest BCUT2D eigenvalue weighted by atomic mass is 10.1. The third-order valence-corrected chi connectivity index (χ3v) is 3.07. The van der Waals surface area contributed by atoms with Crippen LogP contribution >= 0.6 is 0 Å². The third kappa shape index (κ3) is 3.20. The van der Waals surface area contributed by atoms with Gasteiger partial charge in [-0.3, -0.25) is 0 Å². The quantitative estimate of drug-likeness (QED) is 0.344. The molecule has 0 aliphatic heterocycles. The van der Waals surface area contributed by atoms with Gasteiger partial charge in [-0.2, -0.15) is 0 Å². The van der Waals surface area contributed by atoms with Crippen LogP contribution in [0.15, 0.2) is 53.7 Å². The summed E-state index contributed by atoms with van der Waals surface area (Å²) in [6.07, 6.45) is 0. The number of nitrogens with two attached hydrogens (primary N) is 1. The molecule has 0 amide bonds. The zero-order valence-corrected chi connectivity index (χ0v) is 11.2. The molecule has 0 saturated heterocycles. The fourth-order valence-electron chi connectivity index (χ4n) is 1.91. The van der Waals surface area contributed by atoms with Gasteiger partial charge in [-0.1, -0.05) is 17.3 Å². The van der Waals surface area contributed by atoms with E-state index >= 15 is 0 Å². The van der Waals surface area contributed by atoms with Crippen LogP contribution in [0, 0.1) is 0 Å². The molecule has 5 heteroatoms. The van der Waals surface area contributed by atoms with Crippen molar-refractivity contribution in [3.8, 4) is 5.75 Å². The number of hydrogen-bond acceptors (Lipinski definition) is 4. The number of nitrogens with zero attached hydrogens (tertiary/aromatic N) is 2. The summed E-state index contributed by atoms with van der Waals surface area (Å²) >= 11 is 0. The molecule has 0 aromatic heterocycles. The Balaban J connectivity index is 2.09. The first kappa shape index (κ1) is 13.7. The van der Waals surface area contributed by atoms with Gasteiger partial charge in [-0.15, -0.1) is 0 Å². The number of rotatable bonds is 4. The number of hydrogen-bond donors (Lipinski definition) is 3. The van der Waals surface area contributed by atoms with Crippen molar-refractivity contribution in [3.63, 3.8) is 0 Å². The van der Waals surface area contributed by atoms with Crippen LogP contribution in [0.4, 0.5) is 5.69 Å². The molecule has 0 radical (unpaired) electrons. The van der Waals surface area contributed by atoms with Crippen molar-refractivity contribution in [1.82, 2.24) is 0 Å². The van der Waals surface area contributed by atoms with E-state index in [0.717, 1.165) is 17.8 Å². The minimum atomic E-state index is 0.0951.